The summed E-state index contributed by atoms with van der Waals surface area (Å²) in [6.45, 7) is 0.625. The van der Waals surface area contributed by atoms with Crippen LogP contribution in [0.15, 0.2) is 73.3 Å². The van der Waals surface area contributed by atoms with E-state index in [-0.39, 0.29) is 5.91 Å². The molecule has 2 heterocycles. The normalized spacial score (nSPS) is 13.4. The fourth-order valence-electron chi connectivity index (χ4n) is 2.99. The lowest BCUT2D eigenvalue weighted by Gasteiger charge is -2.23. The first-order chi connectivity index (χ1) is 12.3. The summed E-state index contributed by atoms with van der Waals surface area (Å²) >= 11 is 0. The highest BCUT2D eigenvalue weighted by Gasteiger charge is 2.33. The second-order valence-corrected chi connectivity index (χ2v) is 6.34. The minimum atomic E-state index is 0.0803. The summed E-state index contributed by atoms with van der Waals surface area (Å²) in [5.41, 5.74) is 4.04. The molecule has 1 aliphatic rings. The van der Waals surface area contributed by atoms with Crippen molar-refractivity contribution in [1.29, 1.82) is 0 Å². The van der Waals surface area contributed by atoms with E-state index in [1.54, 1.807) is 30.7 Å². The first-order valence-electron chi connectivity index (χ1n) is 8.51. The molecule has 0 atom stereocenters. The van der Waals surface area contributed by atoms with Crippen LogP contribution >= 0.6 is 0 Å². The molecule has 0 radical (unpaired) electrons. The van der Waals surface area contributed by atoms with Gasteiger partial charge in [0.1, 0.15) is 0 Å². The Hall–Kier alpha value is -3.01. The lowest BCUT2D eigenvalue weighted by atomic mass is 10.0. The number of carbonyl (C=O) groups excluding carboxylic acids is 1. The molecule has 0 saturated heterocycles. The number of pyridine rings is 2. The van der Waals surface area contributed by atoms with Crippen molar-refractivity contribution < 1.29 is 4.79 Å². The van der Waals surface area contributed by atoms with Gasteiger partial charge in [-0.15, -0.1) is 0 Å². The van der Waals surface area contributed by atoms with Gasteiger partial charge in [0.2, 0.25) is 0 Å². The Morgan fingerprint density at radius 3 is 2.48 bits per heavy atom. The molecule has 2 aromatic heterocycles. The molecule has 25 heavy (non-hydrogen) atoms. The molecule has 1 aliphatic carbocycles. The SMILES string of the molecule is O=C(c1ccncc1)N(Cc1cccc(-c2cccnc2)c1)C1CC1. The van der Waals surface area contributed by atoms with Crippen LogP contribution in [-0.4, -0.2) is 26.8 Å². The summed E-state index contributed by atoms with van der Waals surface area (Å²) in [5, 5.41) is 0. The number of rotatable bonds is 5. The second-order valence-electron chi connectivity index (χ2n) is 6.34. The van der Waals surface area contributed by atoms with Crippen LogP contribution in [0.5, 0.6) is 0 Å². The van der Waals surface area contributed by atoms with Crippen LogP contribution in [0.25, 0.3) is 11.1 Å². The van der Waals surface area contributed by atoms with Crippen molar-refractivity contribution in [3.8, 4) is 11.1 Å². The van der Waals surface area contributed by atoms with Gasteiger partial charge in [-0.1, -0.05) is 24.3 Å². The standard InChI is InChI=1S/C21H19N3O/c25-21(17-8-11-22-12-9-17)24(20-6-7-20)15-16-3-1-4-18(13-16)19-5-2-10-23-14-19/h1-5,8-14,20H,6-7,15H2. The number of benzene rings is 1. The van der Waals surface area contributed by atoms with E-state index in [4.69, 9.17) is 0 Å². The van der Waals surface area contributed by atoms with E-state index in [0.717, 1.165) is 29.5 Å². The van der Waals surface area contributed by atoms with E-state index in [1.165, 1.54) is 0 Å². The van der Waals surface area contributed by atoms with Crippen LogP contribution in [0.2, 0.25) is 0 Å². The van der Waals surface area contributed by atoms with Gasteiger partial charge in [0.05, 0.1) is 0 Å². The largest absolute Gasteiger partial charge is 0.331 e. The minimum Gasteiger partial charge on any atom is -0.331 e. The number of hydrogen-bond donors (Lipinski definition) is 0. The summed E-state index contributed by atoms with van der Waals surface area (Å²) in [5.74, 6) is 0.0803. The molecule has 1 fully saturated rings. The monoisotopic (exact) mass is 329 g/mol. The summed E-state index contributed by atoms with van der Waals surface area (Å²) in [4.78, 5) is 23.0. The van der Waals surface area contributed by atoms with E-state index in [0.29, 0.717) is 18.2 Å². The number of amides is 1. The Morgan fingerprint density at radius 1 is 0.960 bits per heavy atom. The average Bonchev–Trinajstić information content (AvgIpc) is 3.52. The molecule has 0 spiro atoms. The summed E-state index contributed by atoms with van der Waals surface area (Å²) in [6.07, 6.45) is 9.14. The number of aromatic nitrogens is 2. The Labute approximate surface area is 147 Å². The maximum Gasteiger partial charge on any atom is 0.254 e. The molecule has 0 unspecified atom stereocenters. The van der Waals surface area contributed by atoms with Gasteiger partial charge in [0.25, 0.3) is 5.91 Å². The average molecular weight is 329 g/mol. The number of nitrogens with zero attached hydrogens (tertiary/aromatic N) is 3. The smallest absolute Gasteiger partial charge is 0.254 e. The van der Waals surface area contributed by atoms with Crippen molar-refractivity contribution in [3.63, 3.8) is 0 Å². The third-order valence-electron chi connectivity index (χ3n) is 4.45. The van der Waals surface area contributed by atoms with Crippen LogP contribution in [0, 0.1) is 0 Å². The van der Waals surface area contributed by atoms with Gasteiger partial charge in [-0.25, -0.2) is 0 Å². The first kappa shape index (κ1) is 15.5. The van der Waals surface area contributed by atoms with Crippen molar-refractivity contribution in [2.24, 2.45) is 0 Å². The zero-order chi connectivity index (χ0) is 17.1. The van der Waals surface area contributed by atoms with E-state index >= 15 is 0 Å². The molecule has 0 aliphatic heterocycles. The highest BCUT2D eigenvalue weighted by Crippen LogP contribution is 2.30. The second kappa shape index (κ2) is 6.85. The summed E-state index contributed by atoms with van der Waals surface area (Å²) < 4.78 is 0. The molecular formula is C21H19N3O. The van der Waals surface area contributed by atoms with Gasteiger partial charge in [-0.05, 0) is 53.8 Å². The van der Waals surface area contributed by atoms with Crippen LogP contribution in [0.1, 0.15) is 28.8 Å². The van der Waals surface area contributed by atoms with Gasteiger partial charge < -0.3 is 4.90 Å². The van der Waals surface area contributed by atoms with E-state index in [2.05, 4.69) is 28.2 Å². The topological polar surface area (TPSA) is 46.1 Å². The third-order valence-corrected chi connectivity index (χ3v) is 4.45. The molecule has 1 saturated carbocycles. The van der Waals surface area contributed by atoms with Crippen molar-refractivity contribution in [2.45, 2.75) is 25.4 Å². The highest BCUT2D eigenvalue weighted by molar-refractivity contribution is 5.94. The lowest BCUT2D eigenvalue weighted by molar-refractivity contribution is 0.0730. The van der Waals surface area contributed by atoms with Crippen molar-refractivity contribution in [1.82, 2.24) is 14.9 Å². The van der Waals surface area contributed by atoms with Crippen LogP contribution < -0.4 is 0 Å². The maximum absolute atomic E-state index is 12.9. The highest BCUT2D eigenvalue weighted by atomic mass is 16.2. The van der Waals surface area contributed by atoms with Crippen LogP contribution in [0.3, 0.4) is 0 Å². The number of hydrogen-bond acceptors (Lipinski definition) is 3. The molecule has 1 amide bonds. The van der Waals surface area contributed by atoms with Crippen LogP contribution in [0.4, 0.5) is 0 Å². The zero-order valence-electron chi connectivity index (χ0n) is 13.9. The van der Waals surface area contributed by atoms with Crippen molar-refractivity contribution >= 4 is 5.91 Å². The molecular weight excluding hydrogens is 310 g/mol. The van der Waals surface area contributed by atoms with Crippen LogP contribution in [-0.2, 0) is 6.54 Å². The van der Waals surface area contributed by atoms with Gasteiger partial charge in [0, 0.05) is 42.9 Å². The Morgan fingerprint density at radius 2 is 1.76 bits per heavy atom. The van der Waals surface area contributed by atoms with Gasteiger partial charge in [0.15, 0.2) is 0 Å². The van der Waals surface area contributed by atoms with E-state index in [1.807, 2.05) is 29.3 Å². The van der Waals surface area contributed by atoms with E-state index in [9.17, 15) is 4.79 Å². The number of carbonyl (C=O) groups is 1. The molecule has 0 bridgehead atoms. The molecule has 4 heteroatoms. The Balaban J connectivity index is 1.58. The molecule has 1 aromatic carbocycles. The molecule has 4 rings (SSSR count). The van der Waals surface area contributed by atoms with Gasteiger partial charge in [-0.2, -0.15) is 0 Å². The fourth-order valence-corrected chi connectivity index (χ4v) is 2.99. The van der Waals surface area contributed by atoms with E-state index < -0.39 is 0 Å². The lowest BCUT2D eigenvalue weighted by Crippen LogP contribution is -2.32. The third kappa shape index (κ3) is 3.58. The summed E-state index contributed by atoms with van der Waals surface area (Å²) in [6, 6.07) is 16.2. The zero-order valence-corrected chi connectivity index (χ0v) is 13.9. The Kier molecular flexibility index (Phi) is 4.25. The fraction of sp³-hybridized carbons (Fsp3) is 0.190. The first-order valence-corrected chi connectivity index (χ1v) is 8.51. The molecule has 124 valence electrons. The molecule has 0 N–H and O–H groups in total. The molecule has 4 nitrogen and oxygen atoms in total. The molecule has 3 aromatic rings. The predicted octanol–water partition coefficient (Wildman–Crippen LogP) is 3.95. The van der Waals surface area contributed by atoms with Gasteiger partial charge >= 0.3 is 0 Å². The van der Waals surface area contributed by atoms with Crippen molar-refractivity contribution in [3.05, 3.63) is 84.4 Å². The Bertz CT molecular complexity index is 861. The summed E-state index contributed by atoms with van der Waals surface area (Å²) in [7, 11) is 0. The van der Waals surface area contributed by atoms with Crippen molar-refractivity contribution in [2.75, 3.05) is 0 Å². The maximum atomic E-state index is 12.9. The predicted molar refractivity (Wildman–Crippen MR) is 96.8 cm³/mol. The minimum absolute atomic E-state index is 0.0803. The quantitative estimate of drug-likeness (QED) is 0.712. The van der Waals surface area contributed by atoms with Gasteiger partial charge in [-0.3, -0.25) is 14.8 Å².